The third kappa shape index (κ3) is 3.05. The molecule has 0 aliphatic heterocycles. The van der Waals surface area contributed by atoms with Crippen LogP contribution in [0.15, 0.2) is 30.8 Å². The van der Waals surface area contributed by atoms with Crippen LogP contribution in [0.5, 0.6) is 5.88 Å². The number of pyridine rings is 1. The highest BCUT2D eigenvalue weighted by Gasteiger charge is 2.23. The molecule has 0 spiro atoms. The summed E-state index contributed by atoms with van der Waals surface area (Å²) in [5.74, 6) is -0.872. The van der Waals surface area contributed by atoms with Crippen LogP contribution >= 0.6 is 0 Å². The number of rotatable bonds is 5. The maximum atomic E-state index is 15.4. The zero-order chi connectivity index (χ0) is 20.6. The molecule has 0 aliphatic carbocycles. The largest absolute Gasteiger partial charge is 0.480 e. The van der Waals surface area contributed by atoms with Crippen LogP contribution in [0.2, 0.25) is 0 Å². The van der Waals surface area contributed by atoms with Gasteiger partial charge in [0, 0.05) is 18.3 Å². The predicted molar refractivity (Wildman–Crippen MR) is 110 cm³/mol. The van der Waals surface area contributed by atoms with Gasteiger partial charge >= 0.3 is 0 Å². The summed E-state index contributed by atoms with van der Waals surface area (Å²) < 4.78 is 35.2. The molecular formula is C22H23F2N3O. The average Bonchev–Trinajstić information content (AvgIpc) is 2.68. The molecule has 3 aromatic rings. The molecule has 0 atom stereocenters. The van der Waals surface area contributed by atoms with Gasteiger partial charge in [-0.3, -0.25) is 0 Å². The van der Waals surface area contributed by atoms with Crippen LogP contribution in [0.1, 0.15) is 23.6 Å². The van der Waals surface area contributed by atoms with Gasteiger partial charge in [0.2, 0.25) is 5.88 Å². The number of ether oxygens (including phenoxy) is 1. The van der Waals surface area contributed by atoms with E-state index in [4.69, 9.17) is 10.5 Å². The number of nitrogens with two attached hydrogens (primary N) is 1. The van der Waals surface area contributed by atoms with Gasteiger partial charge in [-0.1, -0.05) is 25.6 Å². The molecule has 4 nitrogen and oxygen atoms in total. The fourth-order valence-corrected chi connectivity index (χ4v) is 3.50. The van der Waals surface area contributed by atoms with Crippen LogP contribution in [0.3, 0.4) is 0 Å². The fraction of sp³-hybridized carbons (Fsp3) is 0.227. The Morgan fingerprint density at radius 1 is 1.29 bits per heavy atom. The van der Waals surface area contributed by atoms with E-state index in [2.05, 4.69) is 16.9 Å². The molecule has 0 aliphatic rings. The number of hydrogen-bond acceptors (Lipinski definition) is 4. The maximum Gasteiger partial charge on any atom is 0.225 e. The summed E-state index contributed by atoms with van der Waals surface area (Å²) in [6.45, 7) is 7.59. The van der Waals surface area contributed by atoms with Crippen LogP contribution in [-0.4, -0.2) is 19.1 Å². The van der Waals surface area contributed by atoms with Gasteiger partial charge < -0.3 is 15.8 Å². The van der Waals surface area contributed by atoms with Crippen LogP contribution in [0, 0.1) is 18.6 Å². The lowest BCUT2D eigenvalue weighted by atomic mass is 9.93. The Bertz CT molecular complexity index is 1090. The monoisotopic (exact) mass is 383 g/mol. The van der Waals surface area contributed by atoms with E-state index in [9.17, 15) is 4.39 Å². The molecule has 0 unspecified atom stereocenters. The quantitative estimate of drug-likeness (QED) is 0.662. The molecule has 0 saturated heterocycles. The van der Waals surface area contributed by atoms with Gasteiger partial charge in [-0.15, -0.1) is 0 Å². The number of aromatic nitrogens is 1. The van der Waals surface area contributed by atoms with E-state index in [0.717, 1.165) is 10.9 Å². The van der Waals surface area contributed by atoms with E-state index in [1.54, 1.807) is 19.2 Å². The minimum atomic E-state index is -0.689. The van der Waals surface area contributed by atoms with E-state index >= 15 is 4.39 Å². The molecule has 3 rings (SSSR count). The first-order chi connectivity index (χ1) is 13.3. The summed E-state index contributed by atoms with van der Waals surface area (Å²) in [5, 5.41) is 4.28. The van der Waals surface area contributed by atoms with E-state index in [1.807, 2.05) is 19.9 Å². The lowest BCUT2D eigenvalue weighted by Crippen LogP contribution is -2.11. The maximum absolute atomic E-state index is 15.4. The number of nitrogens with zero attached hydrogens (tertiary/aromatic N) is 1. The Morgan fingerprint density at radius 2 is 2.00 bits per heavy atom. The summed E-state index contributed by atoms with van der Waals surface area (Å²) in [7, 11) is 3.08. The van der Waals surface area contributed by atoms with E-state index in [0.29, 0.717) is 28.6 Å². The molecule has 3 N–H and O–H groups in total. The summed E-state index contributed by atoms with van der Waals surface area (Å²) in [4.78, 5) is 4.39. The van der Waals surface area contributed by atoms with Crippen molar-refractivity contribution >= 4 is 22.2 Å². The minimum Gasteiger partial charge on any atom is -0.480 e. The molecule has 2 aromatic carbocycles. The third-order valence-corrected chi connectivity index (χ3v) is 4.86. The van der Waals surface area contributed by atoms with Gasteiger partial charge in [0.05, 0.1) is 18.4 Å². The summed E-state index contributed by atoms with van der Waals surface area (Å²) in [6.07, 6.45) is 0.460. The fourth-order valence-electron chi connectivity index (χ4n) is 3.50. The lowest BCUT2D eigenvalue weighted by molar-refractivity contribution is 0.395. The van der Waals surface area contributed by atoms with Crippen molar-refractivity contribution in [2.24, 2.45) is 0 Å². The molecule has 28 heavy (non-hydrogen) atoms. The highest BCUT2D eigenvalue weighted by Crippen LogP contribution is 2.39. The van der Waals surface area contributed by atoms with Crippen LogP contribution < -0.4 is 15.8 Å². The van der Waals surface area contributed by atoms with Crippen molar-refractivity contribution in [3.05, 3.63) is 59.2 Å². The number of fused-ring (bicyclic) bond motifs is 1. The topological polar surface area (TPSA) is 60.2 Å². The van der Waals surface area contributed by atoms with Crippen molar-refractivity contribution in [3.63, 3.8) is 0 Å². The Hall–Kier alpha value is -3.15. The average molecular weight is 383 g/mol. The SMILES string of the molecule is C=C(NC)c1c(OC)nc(-c2cc(C)cc3ccc(F)c(CC)c23)c(F)c1N. The smallest absolute Gasteiger partial charge is 0.225 e. The zero-order valence-corrected chi connectivity index (χ0v) is 16.4. The molecular weight excluding hydrogens is 360 g/mol. The number of methoxy groups -OCH3 is 1. The van der Waals surface area contributed by atoms with Gasteiger partial charge in [-0.05, 0) is 47.4 Å². The molecule has 146 valence electrons. The molecule has 1 aromatic heterocycles. The van der Waals surface area contributed by atoms with E-state index < -0.39 is 5.82 Å². The molecule has 0 amide bonds. The Kier molecular flexibility index (Phi) is 5.23. The van der Waals surface area contributed by atoms with Crippen LogP contribution in [-0.2, 0) is 6.42 Å². The second-order valence-corrected chi connectivity index (χ2v) is 6.59. The summed E-state index contributed by atoms with van der Waals surface area (Å²) in [5.41, 5.74) is 8.54. The number of hydrogen-bond donors (Lipinski definition) is 2. The highest BCUT2D eigenvalue weighted by molar-refractivity contribution is 6.00. The number of nitrogens with one attached hydrogen (secondary N) is 1. The van der Waals surface area contributed by atoms with Crippen molar-refractivity contribution < 1.29 is 13.5 Å². The Labute approximate surface area is 163 Å². The summed E-state index contributed by atoms with van der Waals surface area (Å²) >= 11 is 0. The first-order valence-corrected chi connectivity index (χ1v) is 8.96. The number of aryl methyl sites for hydroxylation is 2. The minimum absolute atomic E-state index is 0.0241. The first-order valence-electron chi connectivity index (χ1n) is 8.96. The van der Waals surface area contributed by atoms with Crippen molar-refractivity contribution in [2.75, 3.05) is 19.9 Å². The predicted octanol–water partition coefficient (Wildman–Crippen LogP) is 4.83. The van der Waals surface area contributed by atoms with Gasteiger partial charge in [-0.2, -0.15) is 0 Å². The zero-order valence-electron chi connectivity index (χ0n) is 16.4. The van der Waals surface area contributed by atoms with E-state index in [1.165, 1.54) is 13.2 Å². The second-order valence-electron chi connectivity index (χ2n) is 6.59. The number of nitrogen functional groups attached to an aromatic ring is 1. The van der Waals surface area contributed by atoms with Gasteiger partial charge in [-0.25, -0.2) is 13.8 Å². The Morgan fingerprint density at radius 3 is 2.61 bits per heavy atom. The third-order valence-electron chi connectivity index (χ3n) is 4.86. The highest BCUT2D eigenvalue weighted by atomic mass is 19.1. The number of benzene rings is 2. The summed E-state index contributed by atoms with van der Waals surface area (Å²) in [6, 6.07) is 6.85. The van der Waals surface area contributed by atoms with Crippen molar-refractivity contribution in [1.82, 2.24) is 10.3 Å². The van der Waals surface area contributed by atoms with Gasteiger partial charge in [0.1, 0.15) is 11.5 Å². The second kappa shape index (κ2) is 7.46. The van der Waals surface area contributed by atoms with E-state index in [-0.39, 0.29) is 28.6 Å². The molecule has 0 bridgehead atoms. The van der Waals surface area contributed by atoms with Gasteiger partial charge in [0.15, 0.2) is 5.82 Å². The number of anilines is 1. The molecule has 0 radical (unpaired) electrons. The van der Waals surface area contributed by atoms with Crippen molar-refractivity contribution in [2.45, 2.75) is 20.3 Å². The lowest BCUT2D eigenvalue weighted by Gasteiger charge is -2.18. The first kappa shape index (κ1) is 19.6. The number of halogens is 2. The Balaban J connectivity index is 2.45. The van der Waals surface area contributed by atoms with Crippen LogP contribution in [0.25, 0.3) is 27.7 Å². The molecule has 0 saturated carbocycles. The standard InChI is InChI=1S/C22H23F2N3O/c1-6-14-16(23)8-7-13-9-11(2)10-15(18(13)14)21-19(24)20(25)17(12(3)26-4)22(27-21)28-5/h7-10,26H,3,6H2,1-2,4-5H3,(H2,25,27). The van der Waals surface area contributed by atoms with Gasteiger partial charge in [0.25, 0.3) is 0 Å². The van der Waals surface area contributed by atoms with Crippen molar-refractivity contribution in [1.29, 1.82) is 0 Å². The molecule has 6 heteroatoms. The normalized spacial score (nSPS) is 10.9. The van der Waals surface area contributed by atoms with Crippen molar-refractivity contribution in [3.8, 4) is 17.1 Å². The molecule has 0 fully saturated rings. The van der Waals surface area contributed by atoms with Crippen LogP contribution in [0.4, 0.5) is 14.5 Å². The molecule has 1 heterocycles.